The lowest BCUT2D eigenvalue weighted by molar-refractivity contribution is -0.123. The molecule has 0 aromatic carbocycles. The first-order chi connectivity index (χ1) is 9.22. The Labute approximate surface area is 116 Å². The predicted octanol–water partition coefficient (Wildman–Crippen LogP) is 0.354. The third-order valence-electron chi connectivity index (χ3n) is 4.32. The number of rotatable bonds is 6. The zero-order chi connectivity index (χ0) is 13.7. The summed E-state index contributed by atoms with van der Waals surface area (Å²) >= 11 is 0. The molecule has 5 nitrogen and oxygen atoms in total. The number of ether oxygens (including phenoxy) is 1. The van der Waals surface area contributed by atoms with E-state index in [0.717, 1.165) is 0 Å². The van der Waals surface area contributed by atoms with Gasteiger partial charge in [0.05, 0.1) is 12.6 Å². The Morgan fingerprint density at radius 2 is 2.21 bits per heavy atom. The van der Waals surface area contributed by atoms with Gasteiger partial charge in [-0.05, 0) is 32.7 Å². The zero-order valence-electron chi connectivity index (χ0n) is 12.2. The van der Waals surface area contributed by atoms with E-state index in [9.17, 15) is 4.79 Å². The van der Waals surface area contributed by atoms with Gasteiger partial charge in [0, 0.05) is 32.3 Å². The van der Waals surface area contributed by atoms with Crippen LogP contribution in [0.1, 0.15) is 32.6 Å². The van der Waals surface area contributed by atoms with Crippen molar-refractivity contribution in [2.24, 2.45) is 0 Å². The topological polar surface area (TPSA) is 53.6 Å². The molecule has 110 valence electrons. The Balaban J connectivity index is 1.75. The van der Waals surface area contributed by atoms with Gasteiger partial charge in [-0.1, -0.05) is 6.42 Å². The Hall–Kier alpha value is -0.650. The van der Waals surface area contributed by atoms with Crippen LogP contribution in [-0.2, 0) is 9.53 Å². The number of nitrogens with zero attached hydrogens (tertiary/aromatic N) is 1. The Kier molecular flexibility index (Phi) is 5.60. The summed E-state index contributed by atoms with van der Waals surface area (Å²) in [6.45, 7) is 5.52. The number of carbonyl (C=O) groups excluding carboxylic acids is 1. The number of methoxy groups -OCH3 is 1. The van der Waals surface area contributed by atoms with Gasteiger partial charge in [-0.3, -0.25) is 9.69 Å². The van der Waals surface area contributed by atoms with Gasteiger partial charge in [-0.15, -0.1) is 0 Å². The average molecular weight is 269 g/mol. The molecule has 19 heavy (non-hydrogen) atoms. The molecule has 5 heteroatoms. The van der Waals surface area contributed by atoms with E-state index in [-0.39, 0.29) is 11.9 Å². The lowest BCUT2D eigenvalue weighted by atomic mass is 9.98. The van der Waals surface area contributed by atoms with E-state index in [2.05, 4.69) is 15.5 Å². The summed E-state index contributed by atoms with van der Waals surface area (Å²) in [6.07, 6.45) is 5.10. The van der Waals surface area contributed by atoms with Gasteiger partial charge in [0.15, 0.2) is 0 Å². The normalized spacial score (nSPS) is 28.9. The summed E-state index contributed by atoms with van der Waals surface area (Å²) in [4.78, 5) is 14.5. The van der Waals surface area contributed by atoms with Crippen molar-refractivity contribution < 1.29 is 9.53 Å². The maximum Gasteiger partial charge on any atom is 0.236 e. The molecule has 3 unspecified atom stereocenters. The van der Waals surface area contributed by atoms with E-state index in [1.54, 1.807) is 7.11 Å². The van der Waals surface area contributed by atoms with Crippen LogP contribution in [0.2, 0.25) is 0 Å². The van der Waals surface area contributed by atoms with Gasteiger partial charge in [-0.25, -0.2) is 0 Å². The SMILES string of the molecule is COCCNC(=O)C(C)NC1CCN2CCCCC12. The molecule has 0 aromatic rings. The van der Waals surface area contributed by atoms with Crippen molar-refractivity contribution in [3.63, 3.8) is 0 Å². The molecule has 2 N–H and O–H groups in total. The van der Waals surface area contributed by atoms with Crippen LogP contribution in [0.3, 0.4) is 0 Å². The fourth-order valence-electron chi connectivity index (χ4n) is 3.27. The molecule has 0 saturated carbocycles. The van der Waals surface area contributed by atoms with E-state index < -0.39 is 0 Å². The molecule has 0 aliphatic carbocycles. The van der Waals surface area contributed by atoms with Crippen molar-refractivity contribution in [3.8, 4) is 0 Å². The number of hydrogen-bond donors (Lipinski definition) is 2. The maximum absolute atomic E-state index is 11.9. The summed E-state index contributed by atoms with van der Waals surface area (Å²) in [5.41, 5.74) is 0. The molecule has 0 radical (unpaired) electrons. The average Bonchev–Trinajstić information content (AvgIpc) is 2.82. The second-order valence-corrected chi connectivity index (χ2v) is 5.67. The third-order valence-corrected chi connectivity index (χ3v) is 4.32. The second-order valence-electron chi connectivity index (χ2n) is 5.67. The second kappa shape index (κ2) is 7.22. The standard InChI is InChI=1S/C14H27N3O2/c1-11(14(18)15-7-10-19-2)16-12-6-9-17-8-4-3-5-13(12)17/h11-13,16H,3-10H2,1-2H3,(H,15,18). The molecule has 1 amide bonds. The lowest BCUT2D eigenvalue weighted by Crippen LogP contribution is -2.52. The summed E-state index contributed by atoms with van der Waals surface area (Å²) < 4.78 is 4.93. The molecule has 2 heterocycles. The Bertz CT molecular complexity index is 298. The molecule has 2 fully saturated rings. The Morgan fingerprint density at radius 1 is 1.37 bits per heavy atom. The van der Waals surface area contributed by atoms with Crippen molar-refractivity contribution >= 4 is 5.91 Å². The van der Waals surface area contributed by atoms with Crippen molar-refractivity contribution in [1.82, 2.24) is 15.5 Å². The zero-order valence-corrected chi connectivity index (χ0v) is 12.2. The Morgan fingerprint density at radius 3 is 3.00 bits per heavy atom. The van der Waals surface area contributed by atoms with E-state index >= 15 is 0 Å². The van der Waals surface area contributed by atoms with Crippen molar-refractivity contribution in [2.75, 3.05) is 33.4 Å². The molecule has 0 spiro atoms. The van der Waals surface area contributed by atoms with Gasteiger partial charge in [0.2, 0.25) is 5.91 Å². The fourth-order valence-corrected chi connectivity index (χ4v) is 3.27. The minimum Gasteiger partial charge on any atom is -0.383 e. The number of nitrogens with one attached hydrogen (secondary N) is 2. The molecule has 3 atom stereocenters. The molecule has 0 aromatic heterocycles. The molecule has 0 bridgehead atoms. The van der Waals surface area contributed by atoms with Gasteiger partial charge in [-0.2, -0.15) is 0 Å². The first-order valence-corrected chi connectivity index (χ1v) is 7.49. The first kappa shape index (κ1) is 14.8. The smallest absolute Gasteiger partial charge is 0.236 e. The van der Waals surface area contributed by atoms with Crippen molar-refractivity contribution in [3.05, 3.63) is 0 Å². The van der Waals surface area contributed by atoms with Crippen LogP contribution in [0.25, 0.3) is 0 Å². The predicted molar refractivity (Wildman–Crippen MR) is 75.1 cm³/mol. The van der Waals surface area contributed by atoms with Crippen LogP contribution in [0, 0.1) is 0 Å². The molecule has 2 aliphatic rings. The molecule has 2 aliphatic heterocycles. The highest BCUT2D eigenvalue weighted by Gasteiger charge is 2.36. The number of piperidine rings is 1. The van der Waals surface area contributed by atoms with Gasteiger partial charge in [0.25, 0.3) is 0 Å². The largest absolute Gasteiger partial charge is 0.383 e. The minimum atomic E-state index is -0.122. The highest BCUT2D eigenvalue weighted by Crippen LogP contribution is 2.27. The van der Waals surface area contributed by atoms with Crippen molar-refractivity contribution in [2.45, 2.75) is 50.7 Å². The maximum atomic E-state index is 11.9. The van der Waals surface area contributed by atoms with Crippen molar-refractivity contribution in [1.29, 1.82) is 0 Å². The van der Waals surface area contributed by atoms with Crippen LogP contribution in [0.15, 0.2) is 0 Å². The number of fused-ring (bicyclic) bond motifs is 1. The quantitative estimate of drug-likeness (QED) is 0.683. The monoisotopic (exact) mass is 269 g/mol. The fraction of sp³-hybridized carbons (Fsp3) is 0.929. The van der Waals surface area contributed by atoms with Crippen LogP contribution in [-0.4, -0.2) is 62.3 Å². The summed E-state index contributed by atoms with van der Waals surface area (Å²) in [6, 6.07) is 0.996. The number of carbonyl (C=O) groups is 1. The third kappa shape index (κ3) is 3.91. The molecular formula is C14H27N3O2. The highest BCUT2D eigenvalue weighted by molar-refractivity contribution is 5.81. The molecule has 2 rings (SSSR count). The number of amides is 1. The van der Waals surface area contributed by atoms with E-state index in [1.807, 2.05) is 6.92 Å². The van der Waals surface area contributed by atoms with Gasteiger partial charge in [0.1, 0.15) is 0 Å². The van der Waals surface area contributed by atoms with Gasteiger partial charge < -0.3 is 15.4 Å². The van der Waals surface area contributed by atoms with Crippen LogP contribution < -0.4 is 10.6 Å². The van der Waals surface area contributed by atoms with E-state index in [1.165, 1.54) is 38.8 Å². The van der Waals surface area contributed by atoms with E-state index in [0.29, 0.717) is 25.2 Å². The summed E-state index contributed by atoms with van der Waals surface area (Å²) in [5.74, 6) is 0.0753. The minimum absolute atomic E-state index is 0.0753. The summed E-state index contributed by atoms with van der Waals surface area (Å²) in [5, 5.41) is 6.40. The number of hydrogen-bond acceptors (Lipinski definition) is 4. The lowest BCUT2D eigenvalue weighted by Gasteiger charge is -2.33. The summed E-state index contributed by atoms with van der Waals surface area (Å²) in [7, 11) is 1.64. The highest BCUT2D eigenvalue weighted by atomic mass is 16.5. The van der Waals surface area contributed by atoms with Crippen LogP contribution in [0.5, 0.6) is 0 Å². The first-order valence-electron chi connectivity index (χ1n) is 7.49. The molecular weight excluding hydrogens is 242 g/mol. The van der Waals surface area contributed by atoms with Gasteiger partial charge >= 0.3 is 0 Å². The molecule has 2 saturated heterocycles. The van der Waals surface area contributed by atoms with Crippen LogP contribution >= 0.6 is 0 Å². The van der Waals surface area contributed by atoms with E-state index in [4.69, 9.17) is 4.74 Å². The van der Waals surface area contributed by atoms with Crippen LogP contribution in [0.4, 0.5) is 0 Å².